The summed E-state index contributed by atoms with van der Waals surface area (Å²) in [6.07, 6.45) is 0.209. The molecule has 0 aliphatic rings. The van der Waals surface area contributed by atoms with Gasteiger partial charge in [-0.05, 0) is 31.9 Å². The molecule has 1 aromatic carbocycles. The van der Waals surface area contributed by atoms with E-state index in [0.29, 0.717) is 5.56 Å². The minimum Gasteiger partial charge on any atom is -0.396 e. The van der Waals surface area contributed by atoms with Gasteiger partial charge in [-0.2, -0.15) is 0 Å². The fraction of sp³-hybridized carbons (Fsp3) is 0.500. The Morgan fingerprint density at radius 1 is 1.10 bits per heavy atom. The number of aliphatic hydroxyl groups is 1. The van der Waals surface area contributed by atoms with Crippen molar-refractivity contribution >= 4 is 11.8 Å². The van der Waals surface area contributed by atoms with E-state index in [0.717, 1.165) is 0 Å². The molecule has 2 amide bonds. The van der Waals surface area contributed by atoms with E-state index < -0.39 is 0 Å². The molecule has 0 aliphatic carbocycles. The van der Waals surface area contributed by atoms with Gasteiger partial charge in [0.2, 0.25) is 5.91 Å². The lowest BCUT2D eigenvalue weighted by molar-refractivity contribution is -0.122. The first-order chi connectivity index (χ1) is 9.93. The van der Waals surface area contributed by atoms with Crippen LogP contribution in [0, 0.1) is 5.92 Å². The van der Waals surface area contributed by atoms with E-state index in [1.165, 1.54) is 0 Å². The Morgan fingerprint density at radius 3 is 2.29 bits per heavy atom. The normalized spacial score (nSPS) is 14.9. The predicted octanol–water partition coefficient (Wildman–Crippen LogP) is 1.33. The topological polar surface area (TPSA) is 78.4 Å². The maximum Gasteiger partial charge on any atom is 0.251 e. The Bertz CT molecular complexity index is 462. The fourth-order valence-corrected chi connectivity index (χ4v) is 1.84. The van der Waals surface area contributed by atoms with Gasteiger partial charge in [-0.15, -0.1) is 0 Å². The van der Waals surface area contributed by atoms with Crippen LogP contribution in [-0.4, -0.2) is 35.6 Å². The van der Waals surface area contributed by atoms with E-state index >= 15 is 0 Å². The molecule has 1 rings (SSSR count). The average molecular weight is 292 g/mol. The lowest BCUT2D eigenvalue weighted by Crippen LogP contribution is -2.42. The molecule has 0 fully saturated rings. The Labute approximate surface area is 125 Å². The Hall–Kier alpha value is -1.88. The summed E-state index contributed by atoms with van der Waals surface area (Å²) in [6.45, 7) is 5.54. The molecule has 5 heteroatoms. The predicted molar refractivity (Wildman–Crippen MR) is 81.8 cm³/mol. The molecule has 0 spiro atoms. The quantitative estimate of drug-likeness (QED) is 0.709. The number of nitrogens with one attached hydrogen (secondary N) is 2. The highest BCUT2D eigenvalue weighted by molar-refractivity contribution is 5.94. The van der Waals surface area contributed by atoms with Gasteiger partial charge in [0.05, 0.1) is 0 Å². The van der Waals surface area contributed by atoms with Crippen LogP contribution in [0.5, 0.6) is 0 Å². The Kier molecular flexibility index (Phi) is 6.88. The number of hydrogen-bond donors (Lipinski definition) is 3. The highest BCUT2D eigenvalue weighted by Crippen LogP contribution is 2.03. The second-order valence-electron chi connectivity index (χ2n) is 5.46. The molecule has 3 atom stereocenters. The average Bonchev–Trinajstić information content (AvgIpc) is 2.46. The van der Waals surface area contributed by atoms with Crippen LogP contribution in [0.1, 0.15) is 37.6 Å². The molecular formula is C16H24N2O3. The number of carbonyl (C=O) groups excluding carboxylic acids is 2. The summed E-state index contributed by atoms with van der Waals surface area (Å²) in [5.41, 5.74) is 0.576. The summed E-state index contributed by atoms with van der Waals surface area (Å²) in [6, 6.07) is 8.54. The van der Waals surface area contributed by atoms with Gasteiger partial charge in [-0.25, -0.2) is 0 Å². The first kappa shape index (κ1) is 17.2. The standard InChI is InChI=1S/C16H24N2O3/c1-11(10-19)13(3)18-15(20)9-12(2)17-16(21)14-7-5-4-6-8-14/h4-8,11-13,19H,9-10H2,1-3H3,(H,17,21)(H,18,20). The van der Waals surface area contributed by atoms with E-state index in [1.54, 1.807) is 31.2 Å². The molecule has 21 heavy (non-hydrogen) atoms. The third kappa shape index (κ3) is 5.95. The Balaban J connectivity index is 2.41. The lowest BCUT2D eigenvalue weighted by Gasteiger charge is -2.21. The van der Waals surface area contributed by atoms with Crippen molar-refractivity contribution in [2.45, 2.75) is 39.3 Å². The van der Waals surface area contributed by atoms with E-state index in [4.69, 9.17) is 5.11 Å². The van der Waals surface area contributed by atoms with Gasteiger partial charge in [0.1, 0.15) is 0 Å². The molecule has 0 heterocycles. The van der Waals surface area contributed by atoms with Crippen molar-refractivity contribution in [3.05, 3.63) is 35.9 Å². The van der Waals surface area contributed by atoms with Gasteiger partial charge in [0.15, 0.2) is 0 Å². The summed E-state index contributed by atoms with van der Waals surface area (Å²) >= 11 is 0. The summed E-state index contributed by atoms with van der Waals surface area (Å²) in [4.78, 5) is 23.8. The van der Waals surface area contributed by atoms with Crippen molar-refractivity contribution in [2.24, 2.45) is 5.92 Å². The van der Waals surface area contributed by atoms with Gasteiger partial charge in [-0.1, -0.05) is 25.1 Å². The van der Waals surface area contributed by atoms with E-state index in [9.17, 15) is 9.59 Å². The molecule has 0 aliphatic heterocycles. The number of amides is 2. The molecule has 0 bridgehead atoms. The van der Waals surface area contributed by atoms with Crippen LogP contribution < -0.4 is 10.6 Å². The van der Waals surface area contributed by atoms with Crippen LogP contribution in [0.2, 0.25) is 0 Å². The maximum atomic E-state index is 11.9. The van der Waals surface area contributed by atoms with Gasteiger partial charge in [0, 0.05) is 30.7 Å². The third-order valence-corrected chi connectivity index (χ3v) is 3.44. The molecule has 1 aromatic rings. The van der Waals surface area contributed by atoms with Crippen LogP contribution in [-0.2, 0) is 4.79 Å². The molecule has 5 nitrogen and oxygen atoms in total. The smallest absolute Gasteiger partial charge is 0.251 e. The van der Waals surface area contributed by atoms with Crippen molar-refractivity contribution in [1.82, 2.24) is 10.6 Å². The molecule has 0 aromatic heterocycles. The maximum absolute atomic E-state index is 11.9. The second kappa shape index (κ2) is 8.42. The molecular weight excluding hydrogens is 268 g/mol. The van der Waals surface area contributed by atoms with E-state index in [1.807, 2.05) is 19.9 Å². The van der Waals surface area contributed by atoms with Gasteiger partial charge < -0.3 is 15.7 Å². The van der Waals surface area contributed by atoms with Crippen LogP contribution in [0.3, 0.4) is 0 Å². The zero-order valence-corrected chi connectivity index (χ0v) is 12.8. The van der Waals surface area contributed by atoms with Crippen molar-refractivity contribution in [3.63, 3.8) is 0 Å². The monoisotopic (exact) mass is 292 g/mol. The number of hydrogen-bond acceptors (Lipinski definition) is 3. The summed E-state index contributed by atoms with van der Waals surface area (Å²) in [5, 5.41) is 14.7. The number of rotatable bonds is 7. The molecule has 0 saturated carbocycles. The van der Waals surface area contributed by atoms with Crippen LogP contribution in [0.4, 0.5) is 0 Å². The highest BCUT2D eigenvalue weighted by atomic mass is 16.3. The number of carbonyl (C=O) groups is 2. The fourth-order valence-electron chi connectivity index (χ4n) is 1.84. The zero-order valence-electron chi connectivity index (χ0n) is 12.8. The summed E-state index contributed by atoms with van der Waals surface area (Å²) in [5.74, 6) is -0.320. The molecule has 0 saturated heterocycles. The lowest BCUT2D eigenvalue weighted by atomic mass is 10.0. The van der Waals surface area contributed by atoms with Crippen molar-refractivity contribution < 1.29 is 14.7 Å². The first-order valence-corrected chi connectivity index (χ1v) is 7.20. The number of benzene rings is 1. The van der Waals surface area contributed by atoms with E-state index in [-0.39, 0.29) is 42.8 Å². The highest BCUT2D eigenvalue weighted by Gasteiger charge is 2.17. The minimum absolute atomic E-state index is 0.00293. The molecule has 0 radical (unpaired) electrons. The number of aliphatic hydroxyl groups excluding tert-OH is 1. The minimum atomic E-state index is -0.255. The van der Waals surface area contributed by atoms with Gasteiger partial charge in [-0.3, -0.25) is 9.59 Å². The molecule has 3 unspecified atom stereocenters. The van der Waals surface area contributed by atoms with Gasteiger partial charge in [0.25, 0.3) is 5.91 Å². The summed E-state index contributed by atoms with van der Waals surface area (Å²) < 4.78 is 0. The molecule has 3 N–H and O–H groups in total. The van der Waals surface area contributed by atoms with E-state index in [2.05, 4.69) is 10.6 Å². The van der Waals surface area contributed by atoms with Crippen molar-refractivity contribution in [3.8, 4) is 0 Å². The van der Waals surface area contributed by atoms with Crippen molar-refractivity contribution in [2.75, 3.05) is 6.61 Å². The first-order valence-electron chi connectivity index (χ1n) is 7.20. The largest absolute Gasteiger partial charge is 0.396 e. The zero-order chi connectivity index (χ0) is 15.8. The van der Waals surface area contributed by atoms with Gasteiger partial charge >= 0.3 is 0 Å². The second-order valence-corrected chi connectivity index (χ2v) is 5.46. The van der Waals surface area contributed by atoms with Crippen LogP contribution in [0.15, 0.2) is 30.3 Å². The third-order valence-electron chi connectivity index (χ3n) is 3.44. The molecule has 116 valence electrons. The van der Waals surface area contributed by atoms with Crippen LogP contribution >= 0.6 is 0 Å². The van der Waals surface area contributed by atoms with Crippen LogP contribution in [0.25, 0.3) is 0 Å². The Morgan fingerprint density at radius 2 is 1.71 bits per heavy atom. The van der Waals surface area contributed by atoms with Crippen molar-refractivity contribution in [1.29, 1.82) is 0 Å². The summed E-state index contributed by atoms with van der Waals surface area (Å²) in [7, 11) is 0. The SMILES string of the molecule is CC(CC(=O)NC(C)C(C)CO)NC(=O)c1ccccc1.